The molecule has 0 bridgehead atoms. The summed E-state index contributed by atoms with van der Waals surface area (Å²) in [6, 6.07) is 7.49. The molecule has 0 spiro atoms. The molecule has 3 rings (SSSR count). The molecule has 0 unspecified atom stereocenters. The van der Waals surface area contributed by atoms with Gasteiger partial charge < -0.3 is 18.9 Å². The van der Waals surface area contributed by atoms with Crippen molar-refractivity contribution in [1.82, 2.24) is 4.90 Å². The molecule has 1 heterocycles. The minimum absolute atomic E-state index is 0.247. The molecule has 0 amide bonds. The number of sulfone groups is 1. The standard InChI is InChI=1S/C21H27NO6S/c1-25-17-10-16-13-22(7-6-15(16)11-20(17)29(5,23)24)12-14-8-18(26-2)21(28-4)19(9-14)27-3/h8-11H,6-7,12-13H2,1-5H3. The minimum Gasteiger partial charge on any atom is -0.495 e. The Morgan fingerprint density at radius 2 is 1.48 bits per heavy atom. The van der Waals surface area contributed by atoms with Crippen LogP contribution in [0.3, 0.4) is 0 Å². The van der Waals surface area contributed by atoms with Crippen molar-refractivity contribution in [2.45, 2.75) is 24.4 Å². The number of benzene rings is 2. The quantitative estimate of drug-likeness (QED) is 0.680. The molecule has 29 heavy (non-hydrogen) atoms. The van der Waals surface area contributed by atoms with Gasteiger partial charge in [-0.1, -0.05) is 0 Å². The van der Waals surface area contributed by atoms with E-state index in [0.29, 0.717) is 36.1 Å². The van der Waals surface area contributed by atoms with E-state index in [9.17, 15) is 8.42 Å². The first-order valence-electron chi connectivity index (χ1n) is 9.21. The second-order valence-electron chi connectivity index (χ2n) is 7.04. The number of fused-ring (bicyclic) bond motifs is 1. The zero-order valence-electron chi connectivity index (χ0n) is 17.4. The summed E-state index contributed by atoms with van der Waals surface area (Å²) in [6.45, 7) is 2.22. The van der Waals surface area contributed by atoms with Crippen molar-refractivity contribution in [3.63, 3.8) is 0 Å². The lowest BCUT2D eigenvalue weighted by atomic mass is 9.99. The summed E-state index contributed by atoms with van der Waals surface area (Å²) in [4.78, 5) is 2.54. The Balaban J connectivity index is 1.87. The summed E-state index contributed by atoms with van der Waals surface area (Å²) in [5, 5.41) is 0. The molecule has 2 aromatic carbocycles. The summed E-state index contributed by atoms with van der Waals surface area (Å²) in [5.41, 5.74) is 3.17. The van der Waals surface area contributed by atoms with Gasteiger partial charge in [-0.25, -0.2) is 8.42 Å². The Morgan fingerprint density at radius 3 is 2.00 bits per heavy atom. The Morgan fingerprint density at radius 1 is 0.862 bits per heavy atom. The van der Waals surface area contributed by atoms with E-state index >= 15 is 0 Å². The lowest BCUT2D eigenvalue weighted by Gasteiger charge is -2.30. The Hall–Kier alpha value is -2.45. The highest BCUT2D eigenvalue weighted by atomic mass is 32.2. The predicted octanol–water partition coefficient (Wildman–Crippen LogP) is 2.68. The van der Waals surface area contributed by atoms with Crippen molar-refractivity contribution in [1.29, 1.82) is 0 Å². The van der Waals surface area contributed by atoms with Gasteiger partial charge in [0, 0.05) is 25.9 Å². The smallest absolute Gasteiger partial charge is 0.203 e. The molecule has 158 valence electrons. The maximum Gasteiger partial charge on any atom is 0.203 e. The van der Waals surface area contributed by atoms with Crippen molar-refractivity contribution in [2.24, 2.45) is 0 Å². The van der Waals surface area contributed by atoms with Gasteiger partial charge in [0.2, 0.25) is 5.75 Å². The van der Waals surface area contributed by atoms with Gasteiger partial charge in [0.1, 0.15) is 10.6 Å². The summed E-state index contributed by atoms with van der Waals surface area (Å²) < 4.78 is 45.7. The maximum atomic E-state index is 12.1. The SMILES string of the molecule is COc1cc2c(cc1S(C)(=O)=O)CCN(Cc1cc(OC)c(OC)c(OC)c1)C2. The van der Waals surface area contributed by atoms with E-state index in [1.165, 1.54) is 13.4 Å². The number of methoxy groups -OCH3 is 4. The highest BCUT2D eigenvalue weighted by Crippen LogP contribution is 2.39. The minimum atomic E-state index is -3.34. The molecule has 8 heteroatoms. The van der Waals surface area contributed by atoms with Gasteiger partial charge in [0.25, 0.3) is 0 Å². The molecular weight excluding hydrogens is 394 g/mol. The lowest BCUT2D eigenvalue weighted by Crippen LogP contribution is -2.30. The monoisotopic (exact) mass is 421 g/mol. The second-order valence-corrected chi connectivity index (χ2v) is 9.02. The van der Waals surface area contributed by atoms with E-state index < -0.39 is 9.84 Å². The molecule has 0 aliphatic carbocycles. The molecule has 0 saturated carbocycles. The number of hydrogen-bond donors (Lipinski definition) is 0. The van der Waals surface area contributed by atoms with Gasteiger partial charge in [-0.3, -0.25) is 4.90 Å². The number of nitrogens with zero attached hydrogens (tertiary/aromatic N) is 1. The van der Waals surface area contributed by atoms with Crippen LogP contribution < -0.4 is 18.9 Å². The normalized spacial score (nSPS) is 14.2. The summed E-state index contributed by atoms with van der Waals surface area (Å²) in [7, 11) is 2.94. The summed E-state index contributed by atoms with van der Waals surface area (Å²) >= 11 is 0. The van der Waals surface area contributed by atoms with Gasteiger partial charge in [-0.15, -0.1) is 0 Å². The molecule has 0 radical (unpaired) electrons. The van der Waals surface area contributed by atoms with Gasteiger partial charge in [-0.2, -0.15) is 0 Å². The van der Waals surface area contributed by atoms with Gasteiger partial charge >= 0.3 is 0 Å². The number of rotatable bonds is 7. The third-order valence-corrected chi connectivity index (χ3v) is 6.23. The number of hydrogen-bond acceptors (Lipinski definition) is 7. The first-order chi connectivity index (χ1) is 13.8. The Labute approximate surface area is 172 Å². The van der Waals surface area contributed by atoms with Crippen LogP contribution in [0.15, 0.2) is 29.2 Å². The third kappa shape index (κ3) is 4.43. The third-order valence-electron chi connectivity index (χ3n) is 5.11. The van der Waals surface area contributed by atoms with Crippen molar-refractivity contribution in [3.05, 3.63) is 41.0 Å². The summed E-state index contributed by atoms with van der Waals surface area (Å²) in [6.07, 6.45) is 1.98. The van der Waals surface area contributed by atoms with Crippen LogP contribution in [0, 0.1) is 0 Å². The van der Waals surface area contributed by atoms with E-state index in [1.54, 1.807) is 27.4 Å². The van der Waals surface area contributed by atoms with Crippen molar-refractivity contribution < 1.29 is 27.4 Å². The second kappa shape index (κ2) is 8.51. The van der Waals surface area contributed by atoms with E-state index in [4.69, 9.17) is 18.9 Å². The Bertz CT molecular complexity index is 977. The zero-order chi connectivity index (χ0) is 21.2. The van der Waals surface area contributed by atoms with E-state index in [2.05, 4.69) is 4.90 Å². The lowest BCUT2D eigenvalue weighted by molar-refractivity contribution is 0.243. The fraction of sp³-hybridized carbons (Fsp3) is 0.429. The molecule has 7 nitrogen and oxygen atoms in total. The van der Waals surface area contributed by atoms with Crippen LogP contribution in [0.25, 0.3) is 0 Å². The van der Waals surface area contributed by atoms with Gasteiger partial charge in [0.15, 0.2) is 21.3 Å². The average Bonchev–Trinajstić information content (AvgIpc) is 2.71. The molecule has 0 N–H and O–H groups in total. The fourth-order valence-electron chi connectivity index (χ4n) is 3.69. The topological polar surface area (TPSA) is 74.3 Å². The highest BCUT2D eigenvalue weighted by Gasteiger charge is 2.23. The molecule has 1 aliphatic heterocycles. The fourth-order valence-corrected chi connectivity index (χ4v) is 4.56. The molecule has 0 fully saturated rings. The number of ether oxygens (including phenoxy) is 4. The van der Waals surface area contributed by atoms with E-state index in [1.807, 2.05) is 18.2 Å². The average molecular weight is 422 g/mol. The van der Waals surface area contributed by atoms with E-state index in [-0.39, 0.29) is 4.90 Å². The van der Waals surface area contributed by atoms with Crippen LogP contribution >= 0.6 is 0 Å². The molecule has 2 aromatic rings. The van der Waals surface area contributed by atoms with Gasteiger partial charge in [0.05, 0.1) is 28.4 Å². The van der Waals surface area contributed by atoms with Crippen LogP contribution in [-0.2, 0) is 29.3 Å². The van der Waals surface area contributed by atoms with Crippen molar-refractivity contribution >= 4 is 9.84 Å². The first-order valence-corrected chi connectivity index (χ1v) is 11.1. The molecule has 1 aliphatic rings. The van der Waals surface area contributed by atoms with Crippen LogP contribution in [0.1, 0.15) is 16.7 Å². The maximum absolute atomic E-state index is 12.1. The van der Waals surface area contributed by atoms with E-state index in [0.717, 1.165) is 29.7 Å². The largest absolute Gasteiger partial charge is 0.495 e. The highest BCUT2D eigenvalue weighted by molar-refractivity contribution is 7.90. The predicted molar refractivity (Wildman–Crippen MR) is 110 cm³/mol. The van der Waals surface area contributed by atoms with Crippen LogP contribution in [-0.4, -0.2) is 54.6 Å². The van der Waals surface area contributed by atoms with Crippen molar-refractivity contribution in [3.8, 4) is 23.0 Å². The molecule has 0 saturated heterocycles. The Kier molecular flexibility index (Phi) is 6.24. The van der Waals surface area contributed by atoms with Crippen LogP contribution in [0.5, 0.6) is 23.0 Å². The van der Waals surface area contributed by atoms with Crippen LogP contribution in [0.4, 0.5) is 0 Å². The molecule has 0 aromatic heterocycles. The van der Waals surface area contributed by atoms with Crippen molar-refractivity contribution in [2.75, 3.05) is 41.2 Å². The van der Waals surface area contributed by atoms with Gasteiger partial charge in [-0.05, 0) is 47.4 Å². The zero-order valence-corrected chi connectivity index (χ0v) is 18.3. The van der Waals surface area contributed by atoms with Crippen LogP contribution in [0.2, 0.25) is 0 Å². The summed E-state index contributed by atoms with van der Waals surface area (Å²) in [5.74, 6) is 2.21. The first kappa shape index (κ1) is 21.3. The molecule has 0 atom stereocenters. The molecular formula is C21H27NO6S.